The highest BCUT2D eigenvalue weighted by Crippen LogP contribution is 2.12. The average molecular weight is 472 g/mol. The van der Waals surface area contributed by atoms with Crippen LogP contribution >= 0.6 is 24.0 Å². The van der Waals surface area contributed by atoms with Crippen molar-refractivity contribution >= 4 is 29.9 Å². The lowest BCUT2D eigenvalue weighted by Gasteiger charge is -2.22. The van der Waals surface area contributed by atoms with Gasteiger partial charge in [-0.2, -0.15) is 0 Å². The van der Waals surface area contributed by atoms with Gasteiger partial charge in [-0.25, -0.2) is 0 Å². The molecule has 0 aliphatic carbocycles. The van der Waals surface area contributed by atoms with Gasteiger partial charge in [-0.3, -0.25) is 4.99 Å². The second kappa shape index (κ2) is 11.7. The Morgan fingerprint density at radius 1 is 1.27 bits per heavy atom. The molecule has 0 aliphatic heterocycles. The fraction of sp³-hybridized carbons (Fsp3) is 0.500. The van der Waals surface area contributed by atoms with Crippen molar-refractivity contribution in [2.45, 2.75) is 33.4 Å². The molecule has 0 amide bonds. The van der Waals surface area contributed by atoms with Crippen LogP contribution in [0.4, 0.5) is 0 Å². The Balaban J connectivity index is 0.00000338. The Hall–Kier alpha value is -1.84. The van der Waals surface area contributed by atoms with E-state index in [-0.39, 0.29) is 24.0 Å². The molecule has 0 aliphatic rings. The van der Waals surface area contributed by atoms with E-state index in [9.17, 15) is 0 Å². The molecule has 1 heterocycles. The largest absolute Gasteiger partial charge is 0.497 e. The van der Waals surface area contributed by atoms with Gasteiger partial charge in [0.2, 0.25) is 0 Å². The molecule has 7 nitrogen and oxygen atoms in total. The van der Waals surface area contributed by atoms with E-state index in [1.807, 2.05) is 19.2 Å². The van der Waals surface area contributed by atoms with Gasteiger partial charge >= 0.3 is 0 Å². The zero-order chi connectivity index (χ0) is 18.1. The van der Waals surface area contributed by atoms with Crippen molar-refractivity contribution in [1.29, 1.82) is 0 Å². The SMILES string of the molecule is CCNC(=NCCn1cnnc1CC)N(C)Cc1ccc(OC)cc1.I. The van der Waals surface area contributed by atoms with E-state index in [1.54, 1.807) is 13.4 Å². The normalized spacial score (nSPS) is 11.0. The number of ether oxygens (including phenoxy) is 1. The van der Waals surface area contributed by atoms with Crippen LogP contribution in [0.3, 0.4) is 0 Å². The van der Waals surface area contributed by atoms with Crippen molar-refractivity contribution in [3.63, 3.8) is 0 Å². The number of halogens is 1. The number of aromatic nitrogens is 3. The average Bonchev–Trinajstić information content (AvgIpc) is 3.09. The quantitative estimate of drug-likeness (QED) is 0.364. The number of nitrogens with one attached hydrogen (secondary N) is 1. The van der Waals surface area contributed by atoms with Crippen LogP contribution in [0.25, 0.3) is 0 Å². The van der Waals surface area contributed by atoms with Gasteiger partial charge in [0.15, 0.2) is 5.96 Å². The Kier molecular flexibility index (Phi) is 10.0. The molecule has 0 atom stereocenters. The van der Waals surface area contributed by atoms with Gasteiger partial charge in [0.05, 0.1) is 13.7 Å². The number of aryl methyl sites for hydroxylation is 1. The summed E-state index contributed by atoms with van der Waals surface area (Å²) in [5.74, 6) is 2.75. The van der Waals surface area contributed by atoms with E-state index in [0.717, 1.165) is 43.6 Å². The molecule has 1 aromatic carbocycles. The van der Waals surface area contributed by atoms with E-state index in [1.165, 1.54) is 5.56 Å². The highest BCUT2D eigenvalue weighted by Gasteiger charge is 2.07. The molecule has 26 heavy (non-hydrogen) atoms. The Morgan fingerprint density at radius 2 is 2.00 bits per heavy atom. The molecule has 0 radical (unpaired) electrons. The summed E-state index contributed by atoms with van der Waals surface area (Å²) < 4.78 is 7.26. The molecule has 0 saturated heterocycles. The summed E-state index contributed by atoms with van der Waals surface area (Å²) in [6, 6.07) is 8.10. The summed E-state index contributed by atoms with van der Waals surface area (Å²) in [7, 11) is 3.72. The van der Waals surface area contributed by atoms with Crippen molar-refractivity contribution in [2.75, 3.05) is 27.2 Å². The van der Waals surface area contributed by atoms with Crippen molar-refractivity contribution in [3.8, 4) is 5.75 Å². The molecule has 0 saturated carbocycles. The summed E-state index contributed by atoms with van der Waals surface area (Å²) >= 11 is 0. The second-order valence-corrected chi connectivity index (χ2v) is 5.73. The summed E-state index contributed by atoms with van der Waals surface area (Å²) in [5, 5.41) is 11.4. The zero-order valence-corrected chi connectivity index (χ0v) is 18.3. The third-order valence-corrected chi connectivity index (χ3v) is 3.89. The molecule has 0 unspecified atom stereocenters. The van der Waals surface area contributed by atoms with Crippen LogP contribution in [-0.4, -0.2) is 52.9 Å². The standard InChI is InChI=1S/C18H28N6O.HI/c1-5-17-22-21-14-24(17)12-11-20-18(19-6-2)23(3)13-15-7-9-16(25-4)10-8-15;/h7-10,14H,5-6,11-13H2,1-4H3,(H,19,20);1H. The van der Waals surface area contributed by atoms with Crippen molar-refractivity contribution < 1.29 is 4.74 Å². The van der Waals surface area contributed by atoms with E-state index in [2.05, 4.69) is 51.0 Å². The van der Waals surface area contributed by atoms with Crippen LogP contribution in [0.1, 0.15) is 25.2 Å². The zero-order valence-electron chi connectivity index (χ0n) is 16.0. The van der Waals surface area contributed by atoms with Gasteiger partial charge in [-0.1, -0.05) is 19.1 Å². The number of hydrogen-bond acceptors (Lipinski definition) is 4. The number of nitrogens with zero attached hydrogens (tertiary/aromatic N) is 5. The van der Waals surface area contributed by atoms with Gasteiger partial charge < -0.3 is 19.5 Å². The van der Waals surface area contributed by atoms with Crippen LogP contribution in [0.2, 0.25) is 0 Å². The van der Waals surface area contributed by atoms with Crippen LogP contribution in [0.15, 0.2) is 35.6 Å². The van der Waals surface area contributed by atoms with Crippen molar-refractivity contribution in [3.05, 3.63) is 42.0 Å². The molecule has 0 spiro atoms. The van der Waals surface area contributed by atoms with E-state index < -0.39 is 0 Å². The molecule has 1 aromatic heterocycles. The van der Waals surface area contributed by atoms with E-state index >= 15 is 0 Å². The number of methoxy groups -OCH3 is 1. The molecular weight excluding hydrogens is 443 g/mol. The smallest absolute Gasteiger partial charge is 0.194 e. The number of rotatable bonds is 8. The third-order valence-electron chi connectivity index (χ3n) is 3.89. The van der Waals surface area contributed by atoms with Gasteiger partial charge in [0.25, 0.3) is 0 Å². The van der Waals surface area contributed by atoms with Crippen LogP contribution in [0, 0.1) is 0 Å². The maximum absolute atomic E-state index is 5.21. The fourth-order valence-corrected chi connectivity index (χ4v) is 2.55. The lowest BCUT2D eigenvalue weighted by molar-refractivity contribution is 0.414. The minimum absolute atomic E-state index is 0. The van der Waals surface area contributed by atoms with Gasteiger partial charge in [-0.05, 0) is 24.6 Å². The number of guanidine groups is 1. The number of hydrogen-bond donors (Lipinski definition) is 1. The lowest BCUT2D eigenvalue weighted by atomic mass is 10.2. The molecule has 0 fully saturated rings. The minimum atomic E-state index is 0. The predicted molar refractivity (Wildman–Crippen MR) is 115 cm³/mol. The first-order valence-corrected chi connectivity index (χ1v) is 8.67. The summed E-state index contributed by atoms with van der Waals surface area (Å²) in [6.45, 7) is 7.23. The molecule has 1 N–H and O–H groups in total. The molecule has 144 valence electrons. The first kappa shape index (κ1) is 22.2. The minimum Gasteiger partial charge on any atom is -0.497 e. The predicted octanol–water partition coefficient (Wildman–Crippen LogP) is 2.56. The Bertz CT molecular complexity index is 671. The van der Waals surface area contributed by atoms with Crippen LogP contribution in [0.5, 0.6) is 5.75 Å². The molecular formula is C18H29IN6O. The monoisotopic (exact) mass is 472 g/mol. The maximum atomic E-state index is 5.21. The molecule has 2 rings (SSSR count). The van der Waals surface area contributed by atoms with Crippen LogP contribution < -0.4 is 10.1 Å². The number of benzene rings is 1. The topological polar surface area (TPSA) is 67.6 Å². The second-order valence-electron chi connectivity index (χ2n) is 5.73. The fourth-order valence-electron chi connectivity index (χ4n) is 2.55. The van der Waals surface area contributed by atoms with Crippen LogP contribution in [-0.2, 0) is 19.5 Å². The van der Waals surface area contributed by atoms with Crippen molar-refractivity contribution in [2.24, 2.45) is 4.99 Å². The first-order chi connectivity index (χ1) is 12.2. The first-order valence-electron chi connectivity index (χ1n) is 8.67. The summed E-state index contributed by atoms with van der Waals surface area (Å²) in [6.07, 6.45) is 2.64. The molecule has 2 aromatic rings. The van der Waals surface area contributed by atoms with E-state index in [4.69, 9.17) is 9.73 Å². The van der Waals surface area contributed by atoms with E-state index in [0.29, 0.717) is 6.54 Å². The molecule has 8 heteroatoms. The molecule has 0 bridgehead atoms. The number of aliphatic imine (C=N–C) groups is 1. The lowest BCUT2D eigenvalue weighted by Crippen LogP contribution is -2.38. The maximum Gasteiger partial charge on any atom is 0.194 e. The third kappa shape index (κ3) is 6.47. The summed E-state index contributed by atoms with van der Waals surface area (Å²) in [5.41, 5.74) is 1.21. The van der Waals surface area contributed by atoms with Gasteiger partial charge in [-0.15, -0.1) is 34.2 Å². The highest BCUT2D eigenvalue weighted by molar-refractivity contribution is 14.0. The Labute approximate surface area is 172 Å². The Morgan fingerprint density at radius 3 is 2.62 bits per heavy atom. The van der Waals surface area contributed by atoms with Gasteiger partial charge in [0.1, 0.15) is 17.9 Å². The van der Waals surface area contributed by atoms with Crippen molar-refractivity contribution in [1.82, 2.24) is 25.0 Å². The summed E-state index contributed by atoms with van der Waals surface area (Å²) in [4.78, 5) is 6.85. The highest BCUT2D eigenvalue weighted by atomic mass is 127. The van der Waals surface area contributed by atoms with Gasteiger partial charge in [0, 0.05) is 33.1 Å².